The first kappa shape index (κ1) is 19.2. The van der Waals surface area contributed by atoms with Crippen LogP contribution in [0, 0.1) is 13.8 Å². The maximum atomic E-state index is 12.2. The zero-order chi connectivity index (χ0) is 18.4. The summed E-state index contributed by atoms with van der Waals surface area (Å²) >= 11 is 2.39. The third kappa shape index (κ3) is 5.71. The number of benzene rings is 1. The number of anilines is 1. The largest absolute Gasteiger partial charge is 0.481 e. The van der Waals surface area contributed by atoms with Crippen LogP contribution < -0.4 is 10.1 Å². The van der Waals surface area contributed by atoms with Crippen molar-refractivity contribution in [2.24, 2.45) is 0 Å². The number of rotatable bonds is 7. The Kier molecular flexibility index (Phi) is 6.77. The number of hydrogen-bond donors (Lipinski definition) is 1. The number of aryl methyl sites for hydroxylation is 2. The predicted molar refractivity (Wildman–Crippen MR) is 97.3 cm³/mol. The zero-order valence-corrected chi connectivity index (χ0v) is 16.0. The molecule has 7 nitrogen and oxygen atoms in total. The molecular weight excluding hydrogens is 362 g/mol. The van der Waals surface area contributed by atoms with Gasteiger partial charge in [-0.3, -0.25) is 14.9 Å². The van der Waals surface area contributed by atoms with E-state index in [1.54, 1.807) is 6.92 Å². The molecule has 0 radical (unpaired) electrons. The van der Waals surface area contributed by atoms with Crippen LogP contribution in [0.2, 0.25) is 0 Å². The van der Waals surface area contributed by atoms with E-state index in [0.29, 0.717) is 15.2 Å². The average molecular weight is 381 g/mol. The lowest BCUT2D eigenvalue weighted by Gasteiger charge is -2.15. The molecule has 1 aromatic heterocycles. The number of amides is 1. The molecule has 134 valence electrons. The van der Waals surface area contributed by atoms with Crippen LogP contribution in [-0.2, 0) is 14.3 Å². The first-order valence-electron chi connectivity index (χ1n) is 7.47. The third-order valence-electron chi connectivity index (χ3n) is 3.18. The van der Waals surface area contributed by atoms with E-state index >= 15 is 0 Å². The van der Waals surface area contributed by atoms with E-state index in [1.807, 2.05) is 32.0 Å². The lowest BCUT2D eigenvalue weighted by Crippen LogP contribution is -2.30. The number of thioether (sulfide) groups is 1. The van der Waals surface area contributed by atoms with Crippen molar-refractivity contribution in [2.75, 3.05) is 18.2 Å². The SMILES string of the molecule is COC(=O)CSc1nnc(NC(=O)[C@H](C)Oc2ccc(C)cc2C)s1. The van der Waals surface area contributed by atoms with Crippen LogP contribution >= 0.6 is 23.1 Å². The number of aromatic nitrogens is 2. The number of nitrogens with one attached hydrogen (secondary N) is 1. The average Bonchev–Trinajstić information content (AvgIpc) is 3.02. The highest BCUT2D eigenvalue weighted by molar-refractivity contribution is 8.01. The molecular formula is C16H19N3O4S2. The van der Waals surface area contributed by atoms with E-state index in [4.69, 9.17) is 4.74 Å². The molecule has 0 aliphatic heterocycles. The molecule has 2 aromatic rings. The second-order valence-corrected chi connectivity index (χ2v) is 7.46. The Bertz CT molecular complexity index is 764. The summed E-state index contributed by atoms with van der Waals surface area (Å²) in [5.74, 6) is 0.146. The number of methoxy groups -OCH3 is 1. The van der Waals surface area contributed by atoms with E-state index in [-0.39, 0.29) is 17.6 Å². The summed E-state index contributed by atoms with van der Waals surface area (Å²) in [6, 6.07) is 5.78. The van der Waals surface area contributed by atoms with E-state index in [1.165, 1.54) is 30.2 Å². The highest BCUT2D eigenvalue weighted by Gasteiger charge is 2.18. The summed E-state index contributed by atoms with van der Waals surface area (Å²) < 4.78 is 10.8. The van der Waals surface area contributed by atoms with Gasteiger partial charge in [-0.15, -0.1) is 10.2 Å². The van der Waals surface area contributed by atoms with Gasteiger partial charge in [0.25, 0.3) is 5.91 Å². The molecule has 0 fully saturated rings. The molecule has 9 heteroatoms. The fourth-order valence-electron chi connectivity index (χ4n) is 1.88. The van der Waals surface area contributed by atoms with Crippen LogP contribution in [0.1, 0.15) is 18.1 Å². The quantitative estimate of drug-likeness (QED) is 0.448. The van der Waals surface area contributed by atoms with Crippen molar-refractivity contribution in [3.05, 3.63) is 29.3 Å². The van der Waals surface area contributed by atoms with Gasteiger partial charge < -0.3 is 9.47 Å². The molecule has 0 aliphatic carbocycles. The number of hydrogen-bond acceptors (Lipinski definition) is 8. The van der Waals surface area contributed by atoms with Crippen LogP contribution in [0.5, 0.6) is 5.75 Å². The summed E-state index contributed by atoms with van der Waals surface area (Å²) in [7, 11) is 1.33. The molecule has 0 bridgehead atoms. The minimum atomic E-state index is -0.684. The summed E-state index contributed by atoms with van der Waals surface area (Å²) in [5.41, 5.74) is 2.10. The van der Waals surface area contributed by atoms with E-state index in [2.05, 4.69) is 20.3 Å². The summed E-state index contributed by atoms with van der Waals surface area (Å²) in [4.78, 5) is 23.3. The molecule has 0 saturated carbocycles. The van der Waals surface area contributed by atoms with Gasteiger partial charge in [-0.1, -0.05) is 40.8 Å². The molecule has 0 spiro atoms. The van der Waals surface area contributed by atoms with Gasteiger partial charge in [-0.2, -0.15) is 0 Å². The van der Waals surface area contributed by atoms with Gasteiger partial charge in [0.05, 0.1) is 12.9 Å². The highest BCUT2D eigenvalue weighted by Crippen LogP contribution is 2.26. The minimum absolute atomic E-state index is 0.144. The number of nitrogens with zero attached hydrogens (tertiary/aromatic N) is 2. The van der Waals surface area contributed by atoms with Crippen LogP contribution in [0.4, 0.5) is 5.13 Å². The maximum Gasteiger partial charge on any atom is 0.316 e. The Morgan fingerprint density at radius 1 is 1.32 bits per heavy atom. The van der Waals surface area contributed by atoms with Crippen molar-refractivity contribution < 1.29 is 19.1 Å². The molecule has 2 rings (SSSR count). The van der Waals surface area contributed by atoms with Crippen molar-refractivity contribution in [1.82, 2.24) is 10.2 Å². The fraction of sp³-hybridized carbons (Fsp3) is 0.375. The lowest BCUT2D eigenvalue weighted by molar-refractivity contribution is -0.137. The Morgan fingerprint density at radius 3 is 2.76 bits per heavy atom. The second kappa shape index (κ2) is 8.82. The Morgan fingerprint density at radius 2 is 2.08 bits per heavy atom. The van der Waals surface area contributed by atoms with E-state index in [0.717, 1.165) is 11.1 Å². The zero-order valence-electron chi connectivity index (χ0n) is 14.4. The molecule has 0 aliphatic rings. The molecule has 25 heavy (non-hydrogen) atoms. The van der Waals surface area contributed by atoms with Crippen LogP contribution in [0.3, 0.4) is 0 Å². The predicted octanol–water partition coefficient (Wildman–Crippen LogP) is 2.83. The first-order chi connectivity index (χ1) is 11.9. The van der Waals surface area contributed by atoms with Gasteiger partial charge in [0.15, 0.2) is 10.4 Å². The van der Waals surface area contributed by atoms with Crippen LogP contribution in [0.25, 0.3) is 0 Å². The van der Waals surface area contributed by atoms with Gasteiger partial charge in [-0.25, -0.2) is 0 Å². The van der Waals surface area contributed by atoms with Gasteiger partial charge in [0.2, 0.25) is 5.13 Å². The Labute approximate surface area is 154 Å². The van der Waals surface area contributed by atoms with Gasteiger partial charge in [-0.05, 0) is 32.4 Å². The second-order valence-electron chi connectivity index (χ2n) is 5.26. The highest BCUT2D eigenvalue weighted by atomic mass is 32.2. The molecule has 1 amide bonds. The van der Waals surface area contributed by atoms with Crippen molar-refractivity contribution in [1.29, 1.82) is 0 Å². The number of esters is 1. The summed E-state index contributed by atoms with van der Waals surface area (Å²) in [6.07, 6.45) is -0.684. The smallest absolute Gasteiger partial charge is 0.316 e. The van der Waals surface area contributed by atoms with Crippen molar-refractivity contribution in [2.45, 2.75) is 31.2 Å². The Hall–Kier alpha value is -2.13. The number of ether oxygens (including phenoxy) is 2. The number of carbonyl (C=O) groups excluding carboxylic acids is 2. The maximum absolute atomic E-state index is 12.2. The molecule has 1 heterocycles. The van der Waals surface area contributed by atoms with Crippen molar-refractivity contribution >= 4 is 40.1 Å². The van der Waals surface area contributed by atoms with Gasteiger partial charge in [0.1, 0.15) is 5.75 Å². The van der Waals surface area contributed by atoms with Gasteiger partial charge in [0, 0.05) is 0 Å². The first-order valence-corrected chi connectivity index (χ1v) is 9.27. The van der Waals surface area contributed by atoms with Crippen molar-refractivity contribution in [3.8, 4) is 5.75 Å². The Balaban J connectivity index is 1.90. The molecule has 1 atom stereocenters. The molecule has 1 N–H and O–H groups in total. The molecule has 0 saturated heterocycles. The van der Waals surface area contributed by atoms with Gasteiger partial charge >= 0.3 is 5.97 Å². The van der Waals surface area contributed by atoms with E-state index < -0.39 is 6.10 Å². The van der Waals surface area contributed by atoms with Crippen LogP contribution in [0.15, 0.2) is 22.5 Å². The van der Waals surface area contributed by atoms with E-state index in [9.17, 15) is 9.59 Å². The molecule has 0 unspecified atom stereocenters. The minimum Gasteiger partial charge on any atom is -0.481 e. The molecule has 1 aromatic carbocycles. The monoisotopic (exact) mass is 381 g/mol. The normalized spacial score (nSPS) is 11.7. The fourth-order valence-corrected chi connectivity index (χ4v) is 3.47. The summed E-state index contributed by atoms with van der Waals surface area (Å²) in [6.45, 7) is 5.60. The van der Waals surface area contributed by atoms with Crippen LogP contribution in [-0.4, -0.2) is 41.0 Å². The number of carbonyl (C=O) groups is 2. The topological polar surface area (TPSA) is 90.4 Å². The summed E-state index contributed by atoms with van der Waals surface area (Å²) in [5, 5.41) is 10.8. The third-order valence-corrected chi connectivity index (χ3v) is 5.13. The van der Waals surface area contributed by atoms with Crippen molar-refractivity contribution in [3.63, 3.8) is 0 Å². The standard InChI is InChI=1S/C16H19N3O4S2/c1-9-5-6-12(10(2)7-9)23-11(3)14(21)17-15-18-19-16(25-15)24-8-13(20)22-4/h5-7,11H,8H2,1-4H3,(H,17,18,21)/t11-/m0/s1. The lowest BCUT2D eigenvalue weighted by atomic mass is 10.1.